The predicted octanol–water partition coefficient (Wildman–Crippen LogP) is 4.26. The molecular weight excluding hydrogens is 184 g/mol. The van der Waals surface area contributed by atoms with Gasteiger partial charge in [0.2, 0.25) is 0 Å². The van der Waals surface area contributed by atoms with Gasteiger partial charge in [-0.15, -0.1) is 0 Å². The molecule has 0 N–H and O–H groups in total. The molecule has 1 rings (SSSR count). The Hall–Kier alpha value is -0.0400. The quantitative estimate of drug-likeness (QED) is 0.676. The molecule has 1 fully saturated rings. The molecule has 0 unspecified atom stereocenters. The molecule has 0 aromatic rings. The van der Waals surface area contributed by atoms with Gasteiger partial charge in [-0.1, -0.05) is 41.5 Å². The van der Waals surface area contributed by atoms with Gasteiger partial charge in [0, 0.05) is 12.0 Å². The molecule has 0 atom stereocenters. The normalized spacial score (nSPS) is 24.0. The van der Waals surface area contributed by atoms with Gasteiger partial charge in [0.05, 0.1) is 5.60 Å². The van der Waals surface area contributed by atoms with Gasteiger partial charge in [-0.25, -0.2) is 0 Å². The van der Waals surface area contributed by atoms with Crippen LogP contribution in [0.5, 0.6) is 0 Å². The largest absolute Gasteiger partial charge is 0.374 e. The number of ether oxygens (including phenoxy) is 1. The second kappa shape index (κ2) is 4.45. The highest BCUT2D eigenvalue weighted by atomic mass is 16.5. The Bertz CT molecular complexity index is 193. The highest BCUT2D eigenvalue weighted by Gasteiger charge is 2.57. The molecule has 0 aromatic carbocycles. The van der Waals surface area contributed by atoms with E-state index in [1.807, 2.05) is 0 Å². The first kappa shape index (κ1) is 13.0. The van der Waals surface area contributed by atoms with Gasteiger partial charge < -0.3 is 4.74 Å². The van der Waals surface area contributed by atoms with Crippen LogP contribution in [0.4, 0.5) is 0 Å². The van der Waals surface area contributed by atoms with E-state index in [0.29, 0.717) is 17.3 Å². The van der Waals surface area contributed by atoms with Crippen LogP contribution < -0.4 is 0 Å². The molecule has 0 amide bonds. The Kier molecular flexibility index (Phi) is 3.86. The van der Waals surface area contributed by atoms with E-state index in [0.717, 1.165) is 6.61 Å². The number of hydrogen-bond acceptors (Lipinski definition) is 1. The topological polar surface area (TPSA) is 9.23 Å². The molecule has 1 heteroatoms. The molecule has 1 heterocycles. The van der Waals surface area contributed by atoms with E-state index in [9.17, 15) is 0 Å². The van der Waals surface area contributed by atoms with Crippen LogP contribution in [-0.4, -0.2) is 12.2 Å². The van der Waals surface area contributed by atoms with Crippen LogP contribution in [0.3, 0.4) is 0 Å². The average Bonchev–Trinajstić information content (AvgIpc) is 2.58. The Balaban J connectivity index is 3.15. The fraction of sp³-hybridized carbons (Fsp3) is 1.00. The van der Waals surface area contributed by atoms with Crippen molar-refractivity contribution in [1.82, 2.24) is 0 Å². The molecular formula is C14H28O. The van der Waals surface area contributed by atoms with E-state index in [4.69, 9.17) is 4.74 Å². The van der Waals surface area contributed by atoms with Crippen LogP contribution in [0.25, 0.3) is 0 Å². The summed E-state index contributed by atoms with van der Waals surface area (Å²) in [7, 11) is 0. The highest BCUT2D eigenvalue weighted by molar-refractivity contribution is 5.06. The van der Waals surface area contributed by atoms with E-state index in [1.54, 1.807) is 0 Å². The van der Waals surface area contributed by atoms with E-state index < -0.39 is 0 Å². The van der Waals surface area contributed by atoms with Crippen LogP contribution in [0, 0.1) is 17.3 Å². The number of rotatable bonds is 4. The lowest BCUT2D eigenvalue weighted by Crippen LogP contribution is -2.53. The lowest BCUT2D eigenvalue weighted by atomic mass is 9.59. The Morgan fingerprint density at radius 2 is 1.47 bits per heavy atom. The van der Waals surface area contributed by atoms with Gasteiger partial charge in [0.15, 0.2) is 0 Å². The van der Waals surface area contributed by atoms with Crippen LogP contribution in [0.1, 0.15) is 60.8 Å². The molecule has 0 aliphatic carbocycles. The zero-order valence-electron chi connectivity index (χ0n) is 11.4. The van der Waals surface area contributed by atoms with Gasteiger partial charge in [0.25, 0.3) is 0 Å². The summed E-state index contributed by atoms with van der Waals surface area (Å²) in [5.74, 6) is 1.22. The lowest BCUT2D eigenvalue weighted by Gasteiger charge is -2.50. The minimum absolute atomic E-state index is 0.108. The summed E-state index contributed by atoms with van der Waals surface area (Å²) in [6, 6.07) is 0. The fourth-order valence-electron chi connectivity index (χ4n) is 4.14. The summed E-state index contributed by atoms with van der Waals surface area (Å²) >= 11 is 0. The standard InChI is InChI=1S/C14H28O/c1-7-13(8-2)9-10-15-14(13,11(3)4)12(5)6/h11-12H,7-10H2,1-6H3. The van der Waals surface area contributed by atoms with Crippen LogP contribution >= 0.6 is 0 Å². The van der Waals surface area contributed by atoms with E-state index in [1.165, 1.54) is 19.3 Å². The molecule has 1 aliphatic rings. The Morgan fingerprint density at radius 3 is 1.73 bits per heavy atom. The third-order valence-electron chi connectivity index (χ3n) is 4.82. The average molecular weight is 212 g/mol. The van der Waals surface area contributed by atoms with Crippen molar-refractivity contribution in [2.24, 2.45) is 17.3 Å². The van der Waals surface area contributed by atoms with Crippen molar-refractivity contribution >= 4 is 0 Å². The first-order chi connectivity index (χ1) is 6.97. The van der Waals surface area contributed by atoms with E-state index in [2.05, 4.69) is 41.5 Å². The zero-order valence-corrected chi connectivity index (χ0v) is 11.4. The molecule has 1 nitrogen and oxygen atoms in total. The SMILES string of the molecule is CCC1(CC)CCOC1(C(C)C)C(C)C. The van der Waals surface area contributed by atoms with Crippen molar-refractivity contribution in [3.8, 4) is 0 Å². The summed E-state index contributed by atoms with van der Waals surface area (Å²) in [5.41, 5.74) is 0.520. The van der Waals surface area contributed by atoms with Crippen molar-refractivity contribution in [1.29, 1.82) is 0 Å². The third kappa shape index (κ3) is 1.63. The van der Waals surface area contributed by atoms with Gasteiger partial charge in [-0.3, -0.25) is 0 Å². The van der Waals surface area contributed by atoms with E-state index >= 15 is 0 Å². The maximum absolute atomic E-state index is 6.26. The first-order valence-corrected chi connectivity index (χ1v) is 6.60. The smallest absolute Gasteiger partial charge is 0.0784 e. The fourth-order valence-corrected chi connectivity index (χ4v) is 4.14. The minimum atomic E-state index is 0.108. The van der Waals surface area contributed by atoms with Crippen LogP contribution in [-0.2, 0) is 4.74 Å². The summed E-state index contributed by atoms with van der Waals surface area (Å²) in [6.45, 7) is 14.9. The maximum Gasteiger partial charge on any atom is 0.0784 e. The second-order valence-corrected chi connectivity index (χ2v) is 5.69. The van der Waals surface area contributed by atoms with Crippen molar-refractivity contribution in [3.05, 3.63) is 0 Å². The number of hydrogen-bond donors (Lipinski definition) is 0. The molecule has 15 heavy (non-hydrogen) atoms. The molecule has 0 bridgehead atoms. The first-order valence-electron chi connectivity index (χ1n) is 6.60. The predicted molar refractivity (Wildman–Crippen MR) is 66.0 cm³/mol. The van der Waals surface area contributed by atoms with Crippen molar-refractivity contribution < 1.29 is 4.74 Å². The van der Waals surface area contributed by atoms with Crippen LogP contribution in [0.15, 0.2) is 0 Å². The second-order valence-electron chi connectivity index (χ2n) is 5.69. The third-order valence-corrected chi connectivity index (χ3v) is 4.82. The van der Waals surface area contributed by atoms with Crippen molar-refractivity contribution in [2.45, 2.75) is 66.4 Å². The monoisotopic (exact) mass is 212 g/mol. The molecule has 1 aliphatic heterocycles. The summed E-state index contributed by atoms with van der Waals surface area (Å²) in [4.78, 5) is 0. The molecule has 0 spiro atoms. The zero-order chi connectivity index (χ0) is 11.7. The van der Waals surface area contributed by atoms with Gasteiger partial charge in [0.1, 0.15) is 0 Å². The van der Waals surface area contributed by atoms with Gasteiger partial charge in [-0.05, 0) is 31.1 Å². The molecule has 0 radical (unpaired) electrons. The molecule has 1 saturated heterocycles. The molecule has 90 valence electrons. The molecule has 0 saturated carbocycles. The van der Waals surface area contributed by atoms with Gasteiger partial charge >= 0.3 is 0 Å². The Morgan fingerprint density at radius 1 is 1.00 bits per heavy atom. The highest BCUT2D eigenvalue weighted by Crippen LogP contribution is 2.56. The Labute approximate surface area is 95.6 Å². The summed E-state index contributed by atoms with van der Waals surface area (Å²) in [6.07, 6.45) is 3.75. The van der Waals surface area contributed by atoms with Crippen LogP contribution in [0.2, 0.25) is 0 Å². The lowest BCUT2D eigenvalue weighted by molar-refractivity contribution is -0.135. The van der Waals surface area contributed by atoms with Crippen molar-refractivity contribution in [2.75, 3.05) is 6.61 Å². The minimum Gasteiger partial charge on any atom is -0.374 e. The maximum atomic E-state index is 6.26. The summed E-state index contributed by atoms with van der Waals surface area (Å²) in [5, 5.41) is 0. The van der Waals surface area contributed by atoms with E-state index in [-0.39, 0.29) is 5.60 Å². The molecule has 0 aromatic heterocycles. The van der Waals surface area contributed by atoms with Crippen molar-refractivity contribution in [3.63, 3.8) is 0 Å². The summed E-state index contributed by atoms with van der Waals surface area (Å²) < 4.78 is 6.26. The van der Waals surface area contributed by atoms with Gasteiger partial charge in [-0.2, -0.15) is 0 Å².